The van der Waals surface area contributed by atoms with Crippen molar-refractivity contribution in [1.82, 2.24) is 10.6 Å². The molecule has 1 aliphatic rings. The Bertz CT molecular complexity index is 508. The topological polar surface area (TPSA) is 103 Å². The van der Waals surface area contributed by atoms with Gasteiger partial charge in [-0.1, -0.05) is 13.5 Å². The number of methoxy groups -OCH3 is 1. The highest BCUT2D eigenvalue weighted by atomic mass is 16.6. The Morgan fingerprint density at radius 3 is 2.04 bits per heavy atom. The molecule has 1 saturated carbocycles. The van der Waals surface area contributed by atoms with Crippen LogP contribution in [0, 0.1) is 17.8 Å². The van der Waals surface area contributed by atoms with Gasteiger partial charge in [-0.05, 0) is 43.9 Å². The molecule has 2 amide bonds. The molecule has 0 aromatic carbocycles. The second-order valence-corrected chi connectivity index (χ2v) is 6.85. The summed E-state index contributed by atoms with van der Waals surface area (Å²) in [5.74, 6) is 0.716. The van der Waals surface area contributed by atoms with Gasteiger partial charge in [0.15, 0.2) is 0 Å². The molecule has 0 aliphatic heterocycles. The Labute approximate surface area is 154 Å². The van der Waals surface area contributed by atoms with Gasteiger partial charge in [-0.25, -0.2) is 14.4 Å². The van der Waals surface area contributed by atoms with Gasteiger partial charge in [-0.15, -0.1) is 0 Å². The van der Waals surface area contributed by atoms with Gasteiger partial charge in [0.05, 0.1) is 7.11 Å². The number of alkyl carbamates (subject to hydrolysis) is 2. The molecule has 3 atom stereocenters. The van der Waals surface area contributed by atoms with Crippen LogP contribution in [0.15, 0.2) is 12.2 Å². The Hall–Kier alpha value is -2.25. The fourth-order valence-corrected chi connectivity index (χ4v) is 3.20. The summed E-state index contributed by atoms with van der Waals surface area (Å²) >= 11 is 0. The number of ether oxygens (including phenoxy) is 3. The number of nitrogens with one attached hydrogen (secondary N) is 2. The molecule has 0 aromatic rings. The third kappa shape index (κ3) is 8.73. The summed E-state index contributed by atoms with van der Waals surface area (Å²) in [5, 5.41) is 5.49. The number of rotatable bonds is 8. The second-order valence-electron chi connectivity index (χ2n) is 6.85. The van der Waals surface area contributed by atoms with E-state index in [2.05, 4.69) is 28.9 Å². The first-order chi connectivity index (χ1) is 12.3. The third-order valence-corrected chi connectivity index (χ3v) is 4.29. The Balaban J connectivity index is 2.23. The fraction of sp³-hybridized carbons (Fsp3) is 0.722. The van der Waals surface area contributed by atoms with Gasteiger partial charge in [-0.2, -0.15) is 0 Å². The molecule has 0 radical (unpaired) electrons. The van der Waals surface area contributed by atoms with Crippen LogP contribution in [0.25, 0.3) is 0 Å². The van der Waals surface area contributed by atoms with Crippen molar-refractivity contribution < 1.29 is 28.6 Å². The van der Waals surface area contributed by atoms with E-state index < -0.39 is 18.2 Å². The van der Waals surface area contributed by atoms with Gasteiger partial charge in [-0.3, -0.25) is 0 Å². The summed E-state index contributed by atoms with van der Waals surface area (Å²) in [6.07, 6.45) is 2.03. The predicted octanol–water partition coefficient (Wildman–Crippen LogP) is 2.24. The highest BCUT2D eigenvalue weighted by Gasteiger charge is 2.27. The van der Waals surface area contributed by atoms with Crippen molar-refractivity contribution in [3.8, 4) is 0 Å². The van der Waals surface area contributed by atoms with Crippen molar-refractivity contribution in [1.29, 1.82) is 0 Å². The van der Waals surface area contributed by atoms with E-state index in [1.54, 1.807) is 6.92 Å². The first-order valence-corrected chi connectivity index (χ1v) is 8.86. The molecule has 0 saturated heterocycles. The molecule has 2 N–H and O–H groups in total. The molecule has 8 nitrogen and oxygen atoms in total. The lowest BCUT2D eigenvalue weighted by atomic mass is 9.76. The fourth-order valence-electron chi connectivity index (χ4n) is 3.20. The van der Waals surface area contributed by atoms with Crippen molar-refractivity contribution in [2.75, 3.05) is 33.4 Å². The lowest BCUT2D eigenvalue weighted by Gasteiger charge is -2.33. The number of carbonyl (C=O) groups is 3. The molecular formula is C18H30N2O6. The van der Waals surface area contributed by atoms with E-state index in [9.17, 15) is 14.4 Å². The molecule has 1 rings (SSSR count). The quantitative estimate of drug-likeness (QED) is 0.294. The van der Waals surface area contributed by atoms with E-state index in [1.165, 1.54) is 7.11 Å². The van der Waals surface area contributed by atoms with Gasteiger partial charge in [0.1, 0.15) is 13.2 Å². The zero-order chi connectivity index (χ0) is 19.5. The summed E-state index contributed by atoms with van der Waals surface area (Å²) in [6.45, 7) is 8.28. The average molecular weight is 370 g/mol. The van der Waals surface area contributed by atoms with E-state index in [0.29, 0.717) is 36.4 Å². The lowest BCUT2D eigenvalue weighted by Crippen LogP contribution is -2.37. The van der Waals surface area contributed by atoms with Crippen LogP contribution in [0.4, 0.5) is 9.59 Å². The van der Waals surface area contributed by atoms with E-state index in [-0.39, 0.29) is 13.2 Å². The van der Waals surface area contributed by atoms with Crippen LogP contribution in [0.2, 0.25) is 0 Å². The normalized spacial score (nSPS) is 22.0. The molecule has 8 heteroatoms. The van der Waals surface area contributed by atoms with Crippen molar-refractivity contribution >= 4 is 18.2 Å². The lowest BCUT2D eigenvalue weighted by molar-refractivity contribution is -0.139. The van der Waals surface area contributed by atoms with Crippen LogP contribution in [0.1, 0.15) is 33.1 Å². The van der Waals surface area contributed by atoms with Gasteiger partial charge >= 0.3 is 18.2 Å². The van der Waals surface area contributed by atoms with Gasteiger partial charge in [0, 0.05) is 18.7 Å². The maximum atomic E-state index is 11.7. The number of esters is 1. The summed E-state index contributed by atoms with van der Waals surface area (Å²) in [6, 6.07) is 0. The minimum atomic E-state index is -0.529. The molecule has 0 bridgehead atoms. The first-order valence-electron chi connectivity index (χ1n) is 8.86. The molecule has 1 aliphatic carbocycles. The highest BCUT2D eigenvalue weighted by Crippen LogP contribution is 2.32. The molecular weight excluding hydrogens is 340 g/mol. The van der Waals surface area contributed by atoms with E-state index in [4.69, 9.17) is 9.47 Å². The van der Waals surface area contributed by atoms with E-state index in [1.807, 2.05) is 0 Å². The minimum absolute atomic E-state index is 0.000841. The summed E-state index contributed by atoms with van der Waals surface area (Å²) in [4.78, 5) is 34.1. The van der Waals surface area contributed by atoms with Crippen LogP contribution < -0.4 is 10.6 Å². The molecule has 0 heterocycles. The standard InChI is InChI=1S/C18H30N2O6/c1-12(2)16(21)25-5-6-26-18(23)20-11-15-8-13(3)7-14(9-15)10-19-17(22)24-4/h13-15H,1,5-11H2,2-4H3,(H,19,22)(H,20,23). The minimum Gasteiger partial charge on any atom is -0.459 e. The van der Waals surface area contributed by atoms with Gasteiger partial charge in [0.2, 0.25) is 0 Å². The number of hydrogen-bond acceptors (Lipinski definition) is 6. The Kier molecular flexibility index (Phi) is 9.54. The molecule has 0 aromatic heterocycles. The summed E-state index contributed by atoms with van der Waals surface area (Å²) < 4.78 is 14.4. The Morgan fingerprint density at radius 1 is 0.962 bits per heavy atom. The maximum absolute atomic E-state index is 11.7. The highest BCUT2D eigenvalue weighted by molar-refractivity contribution is 5.86. The molecule has 1 fully saturated rings. The third-order valence-electron chi connectivity index (χ3n) is 4.29. The number of hydrogen-bond donors (Lipinski definition) is 2. The van der Waals surface area contributed by atoms with Crippen molar-refractivity contribution in [3.63, 3.8) is 0 Å². The summed E-state index contributed by atoms with van der Waals surface area (Å²) in [5.41, 5.74) is 0.303. The molecule has 26 heavy (non-hydrogen) atoms. The number of carbonyl (C=O) groups excluding carboxylic acids is 3. The predicted molar refractivity (Wildman–Crippen MR) is 95.5 cm³/mol. The van der Waals surface area contributed by atoms with Crippen LogP contribution >= 0.6 is 0 Å². The SMILES string of the molecule is C=C(C)C(=O)OCCOC(=O)NCC1CC(C)CC(CNC(=O)OC)C1. The van der Waals surface area contributed by atoms with Crippen molar-refractivity contribution in [3.05, 3.63) is 12.2 Å². The van der Waals surface area contributed by atoms with Crippen molar-refractivity contribution in [2.24, 2.45) is 17.8 Å². The van der Waals surface area contributed by atoms with Gasteiger partial charge < -0.3 is 24.8 Å². The van der Waals surface area contributed by atoms with Crippen molar-refractivity contribution in [2.45, 2.75) is 33.1 Å². The van der Waals surface area contributed by atoms with E-state index in [0.717, 1.165) is 19.3 Å². The van der Waals surface area contributed by atoms with Crippen LogP contribution in [-0.2, 0) is 19.0 Å². The molecule has 0 spiro atoms. The first kappa shape index (κ1) is 21.8. The maximum Gasteiger partial charge on any atom is 0.407 e. The second kappa shape index (κ2) is 11.4. The molecule has 3 unspecified atom stereocenters. The average Bonchev–Trinajstić information content (AvgIpc) is 2.60. The van der Waals surface area contributed by atoms with Crippen LogP contribution in [0.5, 0.6) is 0 Å². The summed E-state index contributed by atoms with van der Waals surface area (Å²) in [7, 11) is 1.34. The number of amides is 2. The smallest absolute Gasteiger partial charge is 0.407 e. The molecule has 148 valence electrons. The van der Waals surface area contributed by atoms with Crippen LogP contribution in [-0.4, -0.2) is 51.6 Å². The zero-order valence-corrected chi connectivity index (χ0v) is 15.8. The van der Waals surface area contributed by atoms with Crippen LogP contribution in [0.3, 0.4) is 0 Å². The monoisotopic (exact) mass is 370 g/mol. The van der Waals surface area contributed by atoms with Gasteiger partial charge in [0.25, 0.3) is 0 Å². The largest absolute Gasteiger partial charge is 0.459 e. The Morgan fingerprint density at radius 2 is 1.50 bits per heavy atom. The van der Waals surface area contributed by atoms with E-state index >= 15 is 0 Å². The zero-order valence-electron chi connectivity index (χ0n) is 15.8.